The number of thioether (sulfide) groups is 1. The maximum atomic E-state index is 5.87. The Kier molecular flexibility index (Phi) is 3.31. The molecule has 0 radical (unpaired) electrons. The Morgan fingerprint density at radius 1 is 1.26 bits per heavy atom. The van der Waals surface area contributed by atoms with Crippen molar-refractivity contribution in [1.29, 1.82) is 0 Å². The van der Waals surface area contributed by atoms with Crippen molar-refractivity contribution in [2.24, 2.45) is 0 Å². The lowest BCUT2D eigenvalue weighted by Crippen LogP contribution is -1.94. The van der Waals surface area contributed by atoms with Gasteiger partial charge >= 0.3 is 6.01 Å². The number of rotatable bonds is 3. The van der Waals surface area contributed by atoms with Crippen molar-refractivity contribution in [3.63, 3.8) is 0 Å². The maximum absolute atomic E-state index is 5.87. The lowest BCUT2D eigenvalue weighted by Gasteiger charge is -1.98. The summed E-state index contributed by atoms with van der Waals surface area (Å²) in [5.41, 5.74) is 1.73. The standard InChI is InChI=1S/C13H10ClN3OS/c1-19-13-15-6-7-17(13)12-16-11(8-18-12)9-2-4-10(14)5-3-9/h2-8H,1H3. The summed E-state index contributed by atoms with van der Waals surface area (Å²) in [4.78, 5) is 8.67. The smallest absolute Gasteiger partial charge is 0.308 e. The molecule has 0 N–H and O–H groups in total. The molecular formula is C13H10ClN3OS. The van der Waals surface area contributed by atoms with E-state index in [1.165, 1.54) is 11.8 Å². The van der Waals surface area contributed by atoms with Crippen molar-refractivity contribution in [2.45, 2.75) is 5.16 Å². The lowest BCUT2D eigenvalue weighted by molar-refractivity contribution is 0.515. The van der Waals surface area contributed by atoms with Gasteiger partial charge in [0.25, 0.3) is 0 Å². The van der Waals surface area contributed by atoms with Crippen molar-refractivity contribution in [1.82, 2.24) is 14.5 Å². The predicted octanol–water partition coefficient (Wildman–Crippen LogP) is 3.90. The van der Waals surface area contributed by atoms with E-state index in [1.807, 2.05) is 41.3 Å². The third-order valence-electron chi connectivity index (χ3n) is 2.63. The van der Waals surface area contributed by atoms with E-state index in [-0.39, 0.29) is 0 Å². The van der Waals surface area contributed by atoms with Crippen molar-refractivity contribution in [3.05, 3.63) is 47.9 Å². The minimum atomic E-state index is 0.506. The second kappa shape index (κ2) is 5.11. The van der Waals surface area contributed by atoms with E-state index in [1.54, 1.807) is 12.5 Å². The Bertz CT molecular complexity index is 690. The number of imidazole rings is 1. The van der Waals surface area contributed by atoms with Gasteiger partial charge in [-0.05, 0) is 18.4 Å². The Balaban J connectivity index is 1.97. The topological polar surface area (TPSA) is 43.9 Å². The van der Waals surface area contributed by atoms with Crippen LogP contribution in [-0.2, 0) is 0 Å². The number of benzene rings is 1. The highest BCUT2D eigenvalue weighted by atomic mass is 35.5. The molecule has 2 heterocycles. The average molecular weight is 292 g/mol. The summed E-state index contributed by atoms with van der Waals surface area (Å²) >= 11 is 7.40. The van der Waals surface area contributed by atoms with E-state index in [0.29, 0.717) is 11.0 Å². The van der Waals surface area contributed by atoms with Gasteiger partial charge in [0, 0.05) is 23.0 Å². The van der Waals surface area contributed by atoms with Gasteiger partial charge in [-0.15, -0.1) is 0 Å². The number of aromatic nitrogens is 3. The average Bonchev–Trinajstić information content (AvgIpc) is 3.07. The largest absolute Gasteiger partial charge is 0.431 e. The van der Waals surface area contributed by atoms with Crippen LogP contribution in [0, 0.1) is 0 Å². The van der Waals surface area contributed by atoms with E-state index in [9.17, 15) is 0 Å². The van der Waals surface area contributed by atoms with E-state index < -0.39 is 0 Å². The van der Waals surface area contributed by atoms with Crippen LogP contribution in [0.4, 0.5) is 0 Å². The van der Waals surface area contributed by atoms with Gasteiger partial charge in [0.1, 0.15) is 12.0 Å². The molecule has 0 aliphatic carbocycles. The van der Waals surface area contributed by atoms with Crippen LogP contribution < -0.4 is 0 Å². The monoisotopic (exact) mass is 291 g/mol. The number of oxazole rings is 1. The summed E-state index contributed by atoms with van der Waals surface area (Å²) in [5, 5.41) is 1.54. The van der Waals surface area contributed by atoms with Crippen LogP contribution in [0.15, 0.2) is 52.5 Å². The zero-order valence-electron chi connectivity index (χ0n) is 10.1. The number of nitrogens with zero attached hydrogens (tertiary/aromatic N) is 3. The molecule has 0 amide bonds. The Hall–Kier alpha value is -1.72. The molecule has 0 saturated carbocycles. The molecule has 0 fully saturated rings. The van der Waals surface area contributed by atoms with Gasteiger partial charge in [-0.2, -0.15) is 4.98 Å². The van der Waals surface area contributed by atoms with Gasteiger partial charge in [-0.1, -0.05) is 35.5 Å². The SMILES string of the molecule is CSc1nccn1-c1nc(-c2ccc(Cl)cc2)co1. The highest BCUT2D eigenvalue weighted by Gasteiger charge is 2.11. The fourth-order valence-electron chi connectivity index (χ4n) is 1.71. The number of hydrogen-bond donors (Lipinski definition) is 0. The van der Waals surface area contributed by atoms with Crippen LogP contribution in [0.2, 0.25) is 5.02 Å². The molecular weight excluding hydrogens is 282 g/mol. The summed E-state index contributed by atoms with van der Waals surface area (Å²) in [5.74, 6) is 0. The Labute approximate surface area is 119 Å². The summed E-state index contributed by atoms with van der Waals surface area (Å²) in [7, 11) is 0. The first kappa shape index (κ1) is 12.3. The van der Waals surface area contributed by atoms with Crippen LogP contribution >= 0.6 is 23.4 Å². The molecule has 0 spiro atoms. The third kappa shape index (κ3) is 2.39. The van der Waals surface area contributed by atoms with Gasteiger partial charge in [-0.3, -0.25) is 0 Å². The van der Waals surface area contributed by atoms with Crippen LogP contribution in [0.1, 0.15) is 0 Å². The van der Waals surface area contributed by atoms with Crippen LogP contribution in [0.3, 0.4) is 0 Å². The molecule has 19 heavy (non-hydrogen) atoms. The molecule has 0 unspecified atom stereocenters. The second-order valence-electron chi connectivity index (χ2n) is 3.81. The van der Waals surface area contributed by atoms with Crippen LogP contribution in [-0.4, -0.2) is 20.8 Å². The molecule has 3 rings (SSSR count). The van der Waals surface area contributed by atoms with Crippen molar-refractivity contribution < 1.29 is 4.42 Å². The highest BCUT2D eigenvalue weighted by molar-refractivity contribution is 7.98. The number of hydrogen-bond acceptors (Lipinski definition) is 4. The first-order chi connectivity index (χ1) is 9.28. The minimum Gasteiger partial charge on any atom is -0.431 e. The Morgan fingerprint density at radius 2 is 2.05 bits per heavy atom. The molecule has 0 aliphatic heterocycles. The predicted molar refractivity (Wildman–Crippen MR) is 75.9 cm³/mol. The van der Waals surface area contributed by atoms with Gasteiger partial charge in [0.15, 0.2) is 5.16 Å². The molecule has 0 bridgehead atoms. The zero-order chi connectivity index (χ0) is 13.2. The molecule has 2 aromatic heterocycles. The van der Waals surface area contributed by atoms with Gasteiger partial charge in [-0.25, -0.2) is 9.55 Å². The van der Waals surface area contributed by atoms with Gasteiger partial charge < -0.3 is 4.42 Å². The fraction of sp³-hybridized carbons (Fsp3) is 0.0769. The summed E-state index contributed by atoms with van der Waals surface area (Å²) in [6, 6.07) is 7.98. The normalized spacial score (nSPS) is 10.8. The van der Waals surface area contributed by atoms with E-state index in [2.05, 4.69) is 9.97 Å². The first-order valence-corrected chi connectivity index (χ1v) is 7.17. The van der Waals surface area contributed by atoms with Gasteiger partial charge in [0.05, 0.1) is 0 Å². The summed E-state index contributed by atoms with van der Waals surface area (Å²) in [6.45, 7) is 0. The summed E-state index contributed by atoms with van der Waals surface area (Å²) in [6.07, 6.45) is 7.13. The molecule has 6 heteroatoms. The third-order valence-corrected chi connectivity index (χ3v) is 3.55. The maximum Gasteiger partial charge on any atom is 0.308 e. The number of halogens is 1. The molecule has 4 nitrogen and oxygen atoms in total. The molecule has 0 atom stereocenters. The van der Waals surface area contributed by atoms with Crippen LogP contribution in [0.5, 0.6) is 0 Å². The summed E-state index contributed by atoms with van der Waals surface area (Å²) < 4.78 is 7.31. The Morgan fingerprint density at radius 3 is 2.79 bits per heavy atom. The molecule has 0 aliphatic rings. The first-order valence-electron chi connectivity index (χ1n) is 5.57. The zero-order valence-corrected chi connectivity index (χ0v) is 11.6. The van der Waals surface area contributed by atoms with Crippen molar-refractivity contribution >= 4 is 23.4 Å². The van der Waals surface area contributed by atoms with E-state index in [4.69, 9.17) is 16.0 Å². The minimum absolute atomic E-state index is 0.506. The second-order valence-corrected chi connectivity index (χ2v) is 5.02. The molecule has 0 saturated heterocycles. The fourth-order valence-corrected chi connectivity index (χ4v) is 2.34. The highest BCUT2D eigenvalue weighted by Crippen LogP contribution is 2.24. The lowest BCUT2D eigenvalue weighted by atomic mass is 10.2. The van der Waals surface area contributed by atoms with Crippen molar-refractivity contribution in [2.75, 3.05) is 6.26 Å². The molecule has 3 aromatic rings. The van der Waals surface area contributed by atoms with E-state index in [0.717, 1.165) is 16.4 Å². The van der Waals surface area contributed by atoms with E-state index >= 15 is 0 Å². The quantitative estimate of drug-likeness (QED) is 0.686. The molecule has 1 aromatic carbocycles. The molecule has 96 valence electrons. The van der Waals surface area contributed by atoms with Gasteiger partial charge in [0.2, 0.25) is 0 Å². The van der Waals surface area contributed by atoms with Crippen molar-refractivity contribution in [3.8, 4) is 17.3 Å². The van der Waals surface area contributed by atoms with Crippen LogP contribution in [0.25, 0.3) is 17.3 Å².